The van der Waals surface area contributed by atoms with Crippen LogP contribution in [0.2, 0.25) is 0 Å². The third-order valence-corrected chi connectivity index (χ3v) is 4.99. The largest absolute Gasteiger partial charge is 0.529 e. The van der Waals surface area contributed by atoms with Gasteiger partial charge in [-0.15, -0.1) is 0 Å². The molecule has 0 aliphatic carbocycles. The summed E-state index contributed by atoms with van der Waals surface area (Å²) in [5, 5.41) is 29.6. The minimum Gasteiger partial charge on any atom is -0.393 e. The molecular formula is C14H20N5O9P. The first kappa shape index (κ1) is 21.5. The SMILES string of the molecule is C[C@H](O)CC(=O)OP(=O)(O)OC[C@H]1O[C@@H](n2cnc3c(N)ncnc32)[C@H](O)[C@@H]1O. The van der Waals surface area contributed by atoms with E-state index >= 15 is 0 Å². The number of aliphatic hydroxyl groups excluding tert-OH is 3. The third-order valence-electron chi connectivity index (χ3n) is 4.08. The zero-order valence-corrected chi connectivity index (χ0v) is 16.0. The predicted molar refractivity (Wildman–Crippen MR) is 93.8 cm³/mol. The van der Waals surface area contributed by atoms with Gasteiger partial charge in [0.2, 0.25) is 0 Å². The lowest BCUT2D eigenvalue weighted by Crippen LogP contribution is -2.33. The zero-order valence-electron chi connectivity index (χ0n) is 15.1. The summed E-state index contributed by atoms with van der Waals surface area (Å²) in [5.74, 6) is -1.03. The minimum absolute atomic E-state index is 0.113. The molecule has 0 bridgehead atoms. The summed E-state index contributed by atoms with van der Waals surface area (Å²) in [6.45, 7) is 0.626. The van der Waals surface area contributed by atoms with Crippen molar-refractivity contribution in [3.8, 4) is 0 Å². The molecule has 1 saturated heterocycles. The van der Waals surface area contributed by atoms with Gasteiger partial charge in [-0.25, -0.2) is 19.5 Å². The highest BCUT2D eigenvalue weighted by Crippen LogP contribution is 2.45. The average molecular weight is 433 g/mol. The van der Waals surface area contributed by atoms with Crippen LogP contribution in [0.25, 0.3) is 11.2 Å². The highest BCUT2D eigenvalue weighted by molar-refractivity contribution is 7.48. The van der Waals surface area contributed by atoms with Crippen LogP contribution in [-0.4, -0.2) is 76.7 Å². The molecule has 1 aliphatic heterocycles. The Bertz CT molecular complexity index is 937. The maximum absolute atomic E-state index is 11.8. The minimum atomic E-state index is -4.82. The highest BCUT2D eigenvalue weighted by atomic mass is 31.2. The number of imidazole rings is 1. The van der Waals surface area contributed by atoms with E-state index in [-0.39, 0.29) is 17.0 Å². The van der Waals surface area contributed by atoms with Crippen molar-refractivity contribution in [3.05, 3.63) is 12.7 Å². The van der Waals surface area contributed by atoms with Crippen LogP contribution in [0, 0.1) is 0 Å². The number of phosphoric ester groups is 1. The number of hydrogen-bond donors (Lipinski definition) is 5. The fraction of sp³-hybridized carbons (Fsp3) is 0.571. The molecule has 6 N–H and O–H groups in total. The molecule has 0 aromatic carbocycles. The Balaban J connectivity index is 1.67. The fourth-order valence-electron chi connectivity index (χ4n) is 2.75. The Morgan fingerprint density at radius 1 is 1.38 bits per heavy atom. The maximum Gasteiger partial charge on any atom is 0.529 e. The number of nitrogens with zero attached hydrogens (tertiary/aromatic N) is 4. The molecule has 3 rings (SSSR count). The lowest BCUT2D eigenvalue weighted by atomic mass is 10.1. The molecule has 6 atom stereocenters. The van der Waals surface area contributed by atoms with E-state index < -0.39 is 57.5 Å². The van der Waals surface area contributed by atoms with Gasteiger partial charge in [-0.05, 0) is 6.92 Å². The van der Waals surface area contributed by atoms with Gasteiger partial charge in [0.1, 0.15) is 30.2 Å². The first-order chi connectivity index (χ1) is 13.6. The molecule has 0 spiro atoms. The lowest BCUT2D eigenvalue weighted by molar-refractivity contribution is -0.138. The number of nitrogen functional groups attached to an aromatic ring is 1. The number of carbonyl (C=O) groups excluding carboxylic acids is 1. The Hall–Kier alpha value is -2.19. The molecule has 1 unspecified atom stereocenters. The number of phosphoric acid groups is 1. The van der Waals surface area contributed by atoms with Gasteiger partial charge in [0, 0.05) is 0 Å². The van der Waals surface area contributed by atoms with E-state index in [9.17, 15) is 24.5 Å². The van der Waals surface area contributed by atoms with Crippen LogP contribution in [0.1, 0.15) is 19.6 Å². The summed E-state index contributed by atoms with van der Waals surface area (Å²) in [5.41, 5.74) is 6.22. The smallest absolute Gasteiger partial charge is 0.393 e. The quantitative estimate of drug-likeness (QED) is 0.314. The molecule has 1 aliphatic rings. The van der Waals surface area contributed by atoms with Crippen LogP contribution in [-0.2, 0) is 23.1 Å². The molecule has 1 fully saturated rings. The van der Waals surface area contributed by atoms with E-state index in [1.807, 2.05) is 0 Å². The average Bonchev–Trinajstić information content (AvgIpc) is 3.15. The number of ether oxygens (including phenoxy) is 1. The molecule has 160 valence electrons. The monoisotopic (exact) mass is 433 g/mol. The van der Waals surface area contributed by atoms with Crippen molar-refractivity contribution in [2.45, 2.75) is 44.0 Å². The van der Waals surface area contributed by atoms with Crippen molar-refractivity contribution in [2.24, 2.45) is 0 Å². The van der Waals surface area contributed by atoms with Crippen molar-refractivity contribution < 1.29 is 43.4 Å². The summed E-state index contributed by atoms with van der Waals surface area (Å²) < 4.78 is 27.6. The van der Waals surface area contributed by atoms with Gasteiger partial charge in [-0.2, -0.15) is 0 Å². The van der Waals surface area contributed by atoms with Gasteiger partial charge >= 0.3 is 13.8 Å². The van der Waals surface area contributed by atoms with E-state index in [1.54, 1.807) is 0 Å². The second kappa shape index (κ2) is 8.28. The molecular weight excluding hydrogens is 413 g/mol. The van der Waals surface area contributed by atoms with Gasteiger partial charge < -0.3 is 30.3 Å². The van der Waals surface area contributed by atoms with Gasteiger partial charge in [-0.3, -0.25) is 18.8 Å². The topological polar surface area (TPSA) is 212 Å². The van der Waals surface area contributed by atoms with Crippen LogP contribution < -0.4 is 5.73 Å². The first-order valence-electron chi connectivity index (χ1n) is 8.41. The second-order valence-electron chi connectivity index (χ2n) is 6.41. The van der Waals surface area contributed by atoms with Gasteiger partial charge in [0.05, 0.1) is 25.5 Å². The van der Waals surface area contributed by atoms with Gasteiger partial charge in [0.25, 0.3) is 0 Å². The molecule has 3 heterocycles. The molecule has 29 heavy (non-hydrogen) atoms. The van der Waals surface area contributed by atoms with E-state index in [0.29, 0.717) is 0 Å². The molecule has 0 amide bonds. The van der Waals surface area contributed by atoms with E-state index in [1.165, 1.54) is 24.1 Å². The second-order valence-corrected chi connectivity index (χ2v) is 7.79. The number of carbonyl (C=O) groups is 1. The Kier molecular flexibility index (Phi) is 6.14. The normalized spacial score (nSPS) is 27.6. The molecule has 0 saturated carbocycles. The van der Waals surface area contributed by atoms with E-state index in [0.717, 1.165) is 0 Å². The van der Waals surface area contributed by atoms with Crippen molar-refractivity contribution in [1.82, 2.24) is 19.5 Å². The number of aromatic nitrogens is 4. The number of rotatable bonds is 7. The summed E-state index contributed by atoms with van der Waals surface area (Å²) in [7, 11) is -4.82. The third kappa shape index (κ3) is 4.70. The Morgan fingerprint density at radius 2 is 2.10 bits per heavy atom. The summed E-state index contributed by atoms with van der Waals surface area (Å²) >= 11 is 0. The summed E-state index contributed by atoms with van der Waals surface area (Å²) in [6.07, 6.45) is -4.42. The number of hydrogen-bond acceptors (Lipinski definition) is 12. The first-order valence-corrected chi connectivity index (χ1v) is 9.91. The number of anilines is 1. The van der Waals surface area contributed by atoms with Crippen molar-refractivity contribution in [3.63, 3.8) is 0 Å². The summed E-state index contributed by atoms with van der Waals surface area (Å²) in [6, 6.07) is 0. The van der Waals surface area contributed by atoms with Crippen LogP contribution in [0.15, 0.2) is 12.7 Å². The highest BCUT2D eigenvalue weighted by Gasteiger charge is 2.45. The van der Waals surface area contributed by atoms with Gasteiger partial charge in [0.15, 0.2) is 17.7 Å². The van der Waals surface area contributed by atoms with Gasteiger partial charge in [-0.1, -0.05) is 0 Å². The van der Waals surface area contributed by atoms with Crippen molar-refractivity contribution >= 4 is 30.8 Å². The molecule has 0 radical (unpaired) electrons. The predicted octanol–water partition coefficient (Wildman–Crippen LogP) is -1.54. The molecule has 15 heteroatoms. The summed E-state index contributed by atoms with van der Waals surface area (Å²) in [4.78, 5) is 32.8. The Labute approximate surface area is 163 Å². The fourth-order valence-corrected chi connectivity index (χ4v) is 3.47. The number of aliphatic hydroxyl groups is 3. The molecule has 2 aromatic rings. The van der Waals surface area contributed by atoms with Crippen LogP contribution in [0.5, 0.6) is 0 Å². The molecule has 14 nitrogen and oxygen atoms in total. The maximum atomic E-state index is 11.8. The number of fused-ring (bicyclic) bond motifs is 1. The Morgan fingerprint density at radius 3 is 2.79 bits per heavy atom. The lowest BCUT2D eigenvalue weighted by Gasteiger charge is -2.17. The van der Waals surface area contributed by atoms with E-state index in [4.69, 9.17) is 15.6 Å². The number of nitrogens with two attached hydrogens (primary N) is 1. The van der Waals surface area contributed by atoms with E-state index in [2.05, 4.69) is 24.0 Å². The zero-order chi connectivity index (χ0) is 21.3. The standard InChI is InChI=1S/C14H20N5O9P/c1-6(20)2-8(21)28-29(24,25)26-3-7-10(22)11(23)14(27-7)19-5-18-9-12(15)16-4-17-13(9)19/h4-7,10-11,14,20,22-23H,2-3H2,1H3,(H,24,25)(H2,15,16,17)/t6-,7+,10+,11+,14+/m0/s1. The molecule has 2 aromatic heterocycles. The van der Waals surface area contributed by atoms with Crippen LogP contribution >= 0.6 is 7.82 Å². The van der Waals surface area contributed by atoms with Crippen LogP contribution in [0.4, 0.5) is 5.82 Å². The van der Waals surface area contributed by atoms with Crippen molar-refractivity contribution in [1.29, 1.82) is 0 Å². The van der Waals surface area contributed by atoms with Crippen molar-refractivity contribution in [2.75, 3.05) is 12.3 Å². The van der Waals surface area contributed by atoms with Crippen LogP contribution in [0.3, 0.4) is 0 Å².